The lowest BCUT2D eigenvalue weighted by atomic mass is 9.79. The van der Waals surface area contributed by atoms with Gasteiger partial charge in [-0.05, 0) is 38.3 Å². The number of hydrogen-bond donors (Lipinski definition) is 1. The van der Waals surface area contributed by atoms with E-state index in [0.29, 0.717) is 0 Å². The highest BCUT2D eigenvalue weighted by Gasteiger charge is 2.25. The van der Waals surface area contributed by atoms with Crippen LogP contribution in [0.5, 0.6) is 0 Å². The van der Waals surface area contributed by atoms with Gasteiger partial charge in [-0.25, -0.2) is 4.98 Å². The van der Waals surface area contributed by atoms with Crippen LogP contribution >= 0.6 is 0 Å². The van der Waals surface area contributed by atoms with Gasteiger partial charge in [-0.2, -0.15) is 0 Å². The molecule has 1 saturated carbocycles. The molecule has 1 aliphatic carbocycles. The summed E-state index contributed by atoms with van der Waals surface area (Å²) < 4.78 is 2.10. The van der Waals surface area contributed by atoms with Crippen molar-refractivity contribution in [3.8, 4) is 0 Å². The first kappa shape index (κ1) is 13.6. The third kappa shape index (κ3) is 3.33. The molecule has 1 aromatic heterocycles. The molecule has 1 heterocycles. The molecule has 2 atom stereocenters. The van der Waals surface area contributed by atoms with Gasteiger partial charge < -0.3 is 10.3 Å². The van der Waals surface area contributed by atoms with Crippen LogP contribution in [-0.2, 0) is 13.6 Å². The van der Waals surface area contributed by atoms with Gasteiger partial charge in [-0.3, -0.25) is 4.90 Å². The van der Waals surface area contributed by atoms with Gasteiger partial charge >= 0.3 is 0 Å². The normalized spacial score (nSPS) is 24.7. The van der Waals surface area contributed by atoms with E-state index in [1.807, 2.05) is 12.4 Å². The second-order valence-corrected chi connectivity index (χ2v) is 5.69. The molecule has 2 unspecified atom stereocenters. The van der Waals surface area contributed by atoms with Crippen LogP contribution in [0.1, 0.15) is 31.5 Å². The molecule has 2 N–H and O–H groups in total. The molecule has 1 aromatic rings. The molecule has 18 heavy (non-hydrogen) atoms. The standard InChI is InChI=1S/C14H26N4/c1-17(11-14-16-7-8-18(14)2)10-13-6-4-3-5-12(13)9-15/h7-8,12-13H,3-6,9-11,15H2,1-2H3. The van der Waals surface area contributed by atoms with Crippen molar-refractivity contribution in [2.24, 2.45) is 24.6 Å². The van der Waals surface area contributed by atoms with E-state index in [1.165, 1.54) is 25.7 Å². The van der Waals surface area contributed by atoms with E-state index in [1.54, 1.807) is 0 Å². The smallest absolute Gasteiger partial charge is 0.122 e. The molecular formula is C14H26N4. The van der Waals surface area contributed by atoms with Crippen molar-refractivity contribution in [3.05, 3.63) is 18.2 Å². The Morgan fingerprint density at radius 1 is 1.39 bits per heavy atom. The highest BCUT2D eigenvalue weighted by molar-refractivity contribution is 4.91. The topological polar surface area (TPSA) is 47.1 Å². The van der Waals surface area contributed by atoms with Crippen molar-refractivity contribution in [2.75, 3.05) is 20.1 Å². The van der Waals surface area contributed by atoms with Gasteiger partial charge in [0, 0.05) is 26.0 Å². The van der Waals surface area contributed by atoms with E-state index < -0.39 is 0 Å². The third-order valence-electron chi connectivity index (χ3n) is 4.25. The molecule has 0 radical (unpaired) electrons. The lowest BCUT2D eigenvalue weighted by Crippen LogP contribution is -2.35. The zero-order valence-corrected chi connectivity index (χ0v) is 11.7. The van der Waals surface area contributed by atoms with Gasteiger partial charge in [0.05, 0.1) is 6.54 Å². The summed E-state index contributed by atoms with van der Waals surface area (Å²) in [7, 11) is 4.25. The summed E-state index contributed by atoms with van der Waals surface area (Å²) in [5.41, 5.74) is 5.89. The molecule has 4 heteroatoms. The number of aromatic nitrogens is 2. The number of aryl methyl sites for hydroxylation is 1. The largest absolute Gasteiger partial charge is 0.337 e. The maximum absolute atomic E-state index is 5.89. The van der Waals surface area contributed by atoms with Crippen LogP contribution in [0.2, 0.25) is 0 Å². The molecule has 2 rings (SSSR count). The number of nitrogens with two attached hydrogens (primary N) is 1. The minimum Gasteiger partial charge on any atom is -0.337 e. The van der Waals surface area contributed by atoms with Gasteiger partial charge in [0.15, 0.2) is 0 Å². The SMILES string of the molecule is CN(Cc1nccn1C)CC1CCCCC1CN. The van der Waals surface area contributed by atoms with Crippen molar-refractivity contribution in [3.63, 3.8) is 0 Å². The minimum atomic E-state index is 0.725. The fourth-order valence-electron chi connectivity index (χ4n) is 3.09. The summed E-state index contributed by atoms with van der Waals surface area (Å²) in [6.07, 6.45) is 9.27. The Morgan fingerprint density at radius 3 is 2.72 bits per heavy atom. The summed E-state index contributed by atoms with van der Waals surface area (Å²) in [5, 5.41) is 0. The molecule has 0 aliphatic heterocycles. The zero-order valence-electron chi connectivity index (χ0n) is 11.7. The molecule has 0 spiro atoms. The Labute approximate surface area is 110 Å². The molecule has 102 valence electrons. The van der Waals surface area contributed by atoms with Crippen LogP contribution in [0.4, 0.5) is 0 Å². The van der Waals surface area contributed by atoms with E-state index in [0.717, 1.165) is 37.3 Å². The number of nitrogens with zero attached hydrogens (tertiary/aromatic N) is 3. The highest BCUT2D eigenvalue weighted by Crippen LogP contribution is 2.29. The third-order valence-corrected chi connectivity index (χ3v) is 4.25. The average molecular weight is 250 g/mol. The van der Waals surface area contributed by atoms with Crippen LogP contribution < -0.4 is 5.73 Å². The summed E-state index contributed by atoms with van der Waals surface area (Å²) in [4.78, 5) is 6.77. The average Bonchev–Trinajstić information content (AvgIpc) is 2.75. The Kier molecular flexibility index (Phi) is 4.78. The van der Waals surface area contributed by atoms with Crippen LogP contribution in [0.15, 0.2) is 12.4 Å². The molecule has 0 amide bonds. The van der Waals surface area contributed by atoms with Gasteiger partial charge in [0.1, 0.15) is 5.82 Å². The van der Waals surface area contributed by atoms with Crippen LogP contribution in [0, 0.1) is 11.8 Å². The molecule has 0 bridgehead atoms. The summed E-state index contributed by atoms with van der Waals surface area (Å²) in [5.74, 6) is 2.63. The molecule has 0 saturated heterocycles. The maximum atomic E-state index is 5.89. The van der Waals surface area contributed by atoms with Gasteiger partial charge in [0.25, 0.3) is 0 Å². The van der Waals surface area contributed by atoms with Gasteiger partial charge in [-0.15, -0.1) is 0 Å². The van der Waals surface area contributed by atoms with E-state index in [4.69, 9.17) is 5.73 Å². The predicted molar refractivity (Wildman–Crippen MR) is 74.0 cm³/mol. The quantitative estimate of drug-likeness (QED) is 0.864. The fourth-order valence-corrected chi connectivity index (χ4v) is 3.09. The second kappa shape index (κ2) is 6.34. The van der Waals surface area contributed by atoms with Crippen LogP contribution in [-0.4, -0.2) is 34.6 Å². The minimum absolute atomic E-state index is 0.725. The lowest BCUT2D eigenvalue weighted by Gasteiger charge is -2.33. The summed E-state index contributed by atoms with van der Waals surface area (Å²) >= 11 is 0. The van der Waals surface area contributed by atoms with Crippen molar-refractivity contribution in [1.82, 2.24) is 14.5 Å². The first-order chi connectivity index (χ1) is 8.70. The molecule has 1 fully saturated rings. The zero-order chi connectivity index (χ0) is 13.0. The highest BCUT2D eigenvalue weighted by atomic mass is 15.2. The Bertz CT molecular complexity index is 360. The fraction of sp³-hybridized carbons (Fsp3) is 0.786. The Balaban J connectivity index is 1.86. The number of rotatable bonds is 5. The molecule has 1 aliphatic rings. The predicted octanol–water partition coefficient (Wildman–Crippen LogP) is 1.62. The van der Waals surface area contributed by atoms with E-state index in [2.05, 4.69) is 28.5 Å². The molecule has 4 nitrogen and oxygen atoms in total. The second-order valence-electron chi connectivity index (χ2n) is 5.69. The van der Waals surface area contributed by atoms with E-state index in [9.17, 15) is 0 Å². The summed E-state index contributed by atoms with van der Waals surface area (Å²) in [6, 6.07) is 0. The Hall–Kier alpha value is -0.870. The first-order valence-electron chi connectivity index (χ1n) is 7.05. The van der Waals surface area contributed by atoms with Crippen molar-refractivity contribution in [1.29, 1.82) is 0 Å². The van der Waals surface area contributed by atoms with Crippen molar-refractivity contribution in [2.45, 2.75) is 32.2 Å². The lowest BCUT2D eigenvalue weighted by molar-refractivity contribution is 0.167. The molecule has 0 aromatic carbocycles. The summed E-state index contributed by atoms with van der Waals surface area (Å²) in [6.45, 7) is 2.92. The maximum Gasteiger partial charge on any atom is 0.122 e. The van der Waals surface area contributed by atoms with Crippen LogP contribution in [0.25, 0.3) is 0 Å². The molecular weight excluding hydrogens is 224 g/mol. The first-order valence-corrected chi connectivity index (χ1v) is 7.05. The van der Waals surface area contributed by atoms with Gasteiger partial charge in [0.2, 0.25) is 0 Å². The Morgan fingerprint density at radius 2 is 2.11 bits per heavy atom. The van der Waals surface area contributed by atoms with Gasteiger partial charge in [-0.1, -0.05) is 12.8 Å². The van der Waals surface area contributed by atoms with Crippen molar-refractivity contribution < 1.29 is 0 Å². The number of hydrogen-bond acceptors (Lipinski definition) is 3. The van der Waals surface area contributed by atoms with Crippen molar-refractivity contribution >= 4 is 0 Å². The van der Waals surface area contributed by atoms with E-state index >= 15 is 0 Å². The number of imidazole rings is 1. The van der Waals surface area contributed by atoms with E-state index in [-0.39, 0.29) is 0 Å². The van der Waals surface area contributed by atoms with Crippen LogP contribution in [0.3, 0.4) is 0 Å². The monoisotopic (exact) mass is 250 g/mol.